The Balaban J connectivity index is 1.88. The minimum absolute atomic E-state index is 0.628. The van der Waals surface area contributed by atoms with Crippen LogP contribution in [0.3, 0.4) is 0 Å². The summed E-state index contributed by atoms with van der Waals surface area (Å²) in [4.78, 5) is 4.45. The molecule has 0 radical (unpaired) electrons. The molecule has 0 amide bonds. The zero-order chi connectivity index (χ0) is 12.1. The Morgan fingerprint density at radius 1 is 1.59 bits per heavy atom. The summed E-state index contributed by atoms with van der Waals surface area (Å²) in [5.41, 5.74) is 1.82. The molecule has 1 aromatic rings. The zero-order valence-corrected chi connectivity index (χ0v) is 10.6. The number of nitriles is 1. The van der Waals surface area contributed by atoms with Gasteiger partial charge >= 0.3 is 0 Å². The molecule has 1 atom stereocenters. The van der Waals surface area contributed by atoms with Crippen LogP contribution < -0.4 is 5.32 Å². The van der Waals surface area contributed by atoms with Gasteiger partial charge in [0.2, 0.25) is 0 Å². The van der Waals surface area contributed by atoms with Gasteiger partial charge < -0.3 is 5.32 Å². The quantitative estimate of drug-likeness (QED) is 0.890. The third kappa shape index (κ3) is 3.24. The van der Waals surface area contributed by atoms with Gasteiger partial charge in [0.25, 0.3) is 0 Å². The molecule has 4 heteroatoms. The fourth-order valence-corrected chi connectivity index (χ4v) is 2.59. The fourth-order valence-electron chi connectivity index (χ4n) is 1.66. The Morgan fingerprint density at radius 2 is 2.47 bits per heavy atom. The first-order chi connectivity index (χ1) is 8.31. The number of benzene rings is 1. The van der Waals surface area contributed by atoms with Gasteiger partial charge in [0.05, 0.1) is 18.2 Å². The Morgan fingerprint density at radius 3 is 3.18 bits per heavy atom. The molecule has 0 aromatic heterocycles. The van der Waals surface area contributed by atoms with E-state index in [0.717, 1.165) is 30.2 Å². The van der Waals surface area contributed by atoms with E-state index in [2.05, 4.69) is 23.3 Å². The van der Waals surface area contributed by atoms with Gasteiger partial charge in [0, 0.05) is 11.8 Å². The van der Waals surface area contributed by atoms with Gasteiger partial charge in [-0.2, -0.15) is 5.26 Å². The lowest BCUT2D eigenvalue weighted by Gasteiger charge is -2.07. The number of thioether (sulfide) groups is 1. The van der Waals surface area contributed by atoms with E-state index >= 15 is 0 Å². The lowest BCUT2D eigenvalue weighted by molar-refractivity contribution is 0.839. The number of hydrogen-bond acceptors (Lipinski definition) is 4. The standard InChI is InChI=1S/C13H15N3S/c1-2-12-9-16-13(17-12)15-8-11-5-3-4-10(6-11)7-14/h3-6,12H,2,8-9H2,1H3,(H,15,16). The molecule has 1 unspecified atom stereocenters. The van der Waals surface area contributed by atoms with Crippen LogP contribution in [0.2, 0.25) is 0 Å². The molecule has 88 valence electrons. The molecule has 1 aromatic carbocycles. The molecule has 0 bridgehead atoms. The van der Waals surface area contributed by atoms with Crippen LogP contribution in [0.4, 0.5) is 0 Å². The van der Waals surface area contributed by atoms with E-state index in [-0.39, 0.29) is 0 Å². The normalized spacial score (nSPS) is 18.6. The van der Waals surface area contributed by atoms with Crippen LogP contribution in [-0.4, -0.2) is 17.0 Å². The molecule has 0 spiro atoms. The molecule has 17 heavy (non-hydrogen) atoms. The van der Waals surface area contributed by atoms with Crippen LogP contribution >= 0.6 is 11.8 Å². The summed E-state index contributed by atoms with van der Waals surface area (Å²) in [6.45, 7) is 3.84. The Bertz CT molecular complexity index is 462. The highest BCUT2D eigenvalue weighted by molar-refractivity contribution is 8.14. The fraction of sp³-hybridized carbons (Fsp3) is 0.385. The Labute approximate surface area is 106 Å². The van der Waals surface area contributed by atoms with Crippen molar-refractivity contribution in [3.05, 3.63) is 35.4 Å². The molecule has 3 nitrogen and oxygen atoms in total. The van der Waals surface area contributed by atoms with Gasteiger partial charge in [-0.1, -0.05) is 30.8 Å². The average Bonchev–Trinajstić information content (AvgIpc) is 2.84. The smallest absolute Gasteiger partial charge is 0.157 e. The van der Waals surface area contributed by atoms with Crippen molar-refractivity contribution in [2.45, 2.75) is 25.1 Å². The molecule has 0 aliphatic carbocycles. The number of rotatable bonds is 3. The van der Waals surface area contributed by atoms with Crippen molar-refractivity contribution >= 4 is 16.9 Å². The molecule has 0 fully saturated rings. The topological polar surface area (TPSA) is 48.2 Å². The summed E-state index contributed by atoms with van der Waals surface area (Å²) in [5.74, 6) is 0. The monoisotopic (exact) mass is 245 g/mol. The first kappa shape index (κ1) is 12.0. The van der Waals surface area contributed by atoms with Gasteiger partial charge in [-0.05, 0) is 24.1 Å². The molecular formula is C13H15N3S. The molecule has 0 saturated heterocycles. The summed E-state index contributed by atoms with van der Waals surface area (Å²) in [6, 6.07) is 9.80. The highest BCUT2D eigenvalue weighted by Crippen LogP contribution is 2.22. The summed E-state index contributed by atoms with van der Waals surface area (Å²) in [6.07, 6.45) is 1.16. The van der Waals surface area contributed by atoms with Crippen LogP contribution in [0.1, 0.15) is 24.5 Å². The number of hydrogen-bond donors (Lipinski definition) is 1. The summed E-state index contributed by atoms with van der Waals surface area (Å²) in [7, 11) is 0. The largest absolute Gasteiger partial charge is 0.361 e. The van der Waals surface area contributed by atoms with Crippen molar-refractivity contribution in [1.29, 1.82) is 5.26 Å². The van der Waals surface area contributed by atoms with E-state index in [1.54, 1.807) is 0 Å². The number of amidine groups is 1. The first-order valence-corrected chi connectivity index (χ1v) is 6.63. The van der Waals surface area contributed by atoms with E-state index in [9.17, 15) is 0 Å². The van der Waals surface area contributed by atoms with E-state index in [1.807, 2.05) is 36.0 Å². The Kier molecular flexibility index (Phi) is 4.05. The van der Waals surface area contributed by atoms with Crippen LogP contribution in [0.25, 0.3) is 0 Å². The summed E-state index contributed by atoms with van der Waals surface area (Å²) < 4.78 is 0. The number of aliphatic imine (C=N–C) groups is 1. The highest BCUT2D eigenvalue weighted by atomic mass is 32.2. The van der Waals surface area contributed by atoms with Gasteiger partial charge in [-0.25, -0.2) is 0 Å². The van der Waals surface area contributed by atoms with Gasteiger partial charge in [0.15, 0.2) is 5.17 Å². The van der Waals surface area contributed by atoms with E-state index in [1.165, 1.54) is 0 Å². The Hall–Kier alpha value is -1.47. The van der Waals surface area contributed by atoms with Gasteiger partial charge in [-0.3, -0.25) is 4.99 Å². The van der Waals surface area contributed by atoms with Crippen molar-refractivity contribution in [3.63, 3.8) is 0 Å². The highest BCUT2D eigenvalue weighted by Gasteiger charge is 2.16. The van der Waals surface area contributed by atoms with Gasteiger partial charge in [-0.15, -0.1) is 0 Å². The molecule has 1 aliphatic rings. The van der Waals surface area contributed by atoms with E-state index in [4.69, 9.17) is 5.26 Å². The minimum Gasteiger partial charge on any atom is -0.361 e. The zero-order valence-electron chi connectivity index (χ0n) is 9.81. The maximum atomic E-state index is 8.81. The third-order valence-corrected chi connectivity index (χ3v) is 3.98. The maximum Gasteiger partial charge on any atom is 0.157 e. The summed E-state index contributed by atoms with van der Waals surface area (Å²) in [5, 5.41) is 13.8. The SMILES string of the molecule is CCC1CN=C(NCc2cccc(C#N)c2)S1. The van der Waals surface area contributed by atoms with Gasteiger partial charge in [0.1, 0.15) is 0 Å². The predicted octanol–water partition coefficient (Wildman–Crippen LogP) is 2.53. The second-order valence-corrected chi connectivity index (χ2v) is 5.25. The lowest BCUT2D eigenvalue weighted by Crippen LogP contribution is -2.18. The summed E-state index contributed by atoms with van der Waals surface area (Å²) >= 11 is 1.81. The van der Waals surface area contributed by atoms with Crippen molar-refractivity contribution in [2.24, 2.45) is 4.99 Å². The molecule has 1 N–H and O–H groups in total. The molecule has 2 rings (SSSR count). The lowest BCUT2D eigenvalue weighted by atomic mass is 10.1. The first-order valence-electron chi connectivity index (χ1n) is 5.76. The molecule has 1 aliphatic heterocycles. The third-order valence-electron chi connectivity index (χ3n) is 2.67. The van der Waals surface area contributed by atoms with Crippen molar-refractivity contribution in [2.75, 3.05) is 6.54 Å². The predicted molar refractivity (Wildman–Crippen MR) is 72.0 cm³/mol. The molecular weight excluding hydrogens is 230 g/mol. The minimum atomic E-state index is 0.628. The second-order valence-electron chi connectivity index (χ2n) is 3.96. The number of nitrogens with one attached hydrogen (secondary N) is 1. The van der Waals surface area contributed by atoms with E-state index < -0.39 is 0 Å². The van der Waals surface area contributed by atoms with Crippen LogP contribution in [0.5, 0.6) is 0 Å². The number of nitrogens with zero attached hydrogens (tertiary/aromatic N) is 2. The van der Waals surface area contributed by atoms with Crippen molar-refractivity contribution in [1.82, 2.24) is 5.32 Å². The van der Waals surface area contributed by atoms with Crippen molar-refractivity contribution < 1.29 is 0 Å². The second kappa shape index (κ2) is 5.74. The average molecular weight is 245 g/mol. The molecule has 1 heterocycles. The van der Waals surface area contributed by atoms with Crippen LogP contribution in [0, 0.1) is 11.3 Å². The van der Waals surface area contributed by atoms with Crippen LogP contribution in [0.15, 0.2) is 29.3 Å². The molecule has 0 saturated carbocycles. The van der Waals surface area contributed by atoms with E-state index in [0.29, 0.717) is 10.8 Å². The van der Waals surface area contributed by atoms with Crippen LogP contribution in [-0.2, 0) is 6.54 Å². The van der Waals surface area contributed by atoms with Crippen molar-refractivity contribution in [3.8, 4) is 6.07 Å². The maximum absolute atomic E-state index is 8.81.